The van der Waals surface area contributed by atoms with E-state index in [9.17, 15) is 0 Å². The van der Waals surface area contributed by atoms with Gasteiger partial charge in [0.15, 0.2) is 0 Å². The molecule has 1 aliphatic rings. The number of ether oxygens (including phenoxy) is 1. The molecule has 0 aromatic heterocycles. The van der Waals surface area contributed by atoms with Crippen LogP contribution in [0.5, 0.6) is 0 Å². The van der Waals surface area contributed by atoms with Gasteiger partial charge in [0.2, 0.25) is 0 Å². The lowest BCUT2D eigenvalue weighted by Gasteiger charge is -2.08. The lowest BCUT2D eigenvalue weighted by molar-refractivity contribution is 0.189. The molecular weight excluding hydrogens is 126 g/mol. The van der Waals surface area contributed by atoms with Crippen LogP contribution in [0.25, 0.3) is 0 Å². The molecule has 0 aliphatic heterocycles. The molecule has 0 amide bonds. The second-order valence-electron chi connectivity index (χ2n) is 3.43. The van der Waals surface area contributed by atoms with Crippen LogP contribution in [0.4, 0.5) is 0 Å². The Hall–Kier alpha value is -0.0800. The second kappa shape index (κ2) is 2.89. The molecule has 1 aliphatic carbocycles. The first kappa shape index (κ1) is 8.02. The van der Waals surface area contributed by atoms with E-state index in [1.54, 1.807) is 7.11 Å². The van der Waals surface area contributed by atoms with Crippen LogP contribution in [0.2, 0.25) is 0 Å². The smallest absolute Gasteiger partial charge is 0.0462 e. The van der Waals surface area contributed by atoms with Crippen LogP contribution >= 0.6 is 0 Å². The first-order valence-corrected chi connectivity index (χ1v) is 3.97. The highest BCUT2D eigenvalue weighted by atomic mass is 16.5. The molecule has 60 valence electrons. The van der Waals surface area contributed by atoms with Crippen molar-refractivity contribution in [2.45, 2.75) is 31.7 Å². The molecule has 2 N–H and O–H groups in total. The van der Waals surface area contributed by atoms with Crippen molar-refractivity contribution in [2.75, 3.05) is 13.7 Å². The van der Waals surface area contributed by atoms with Gasteiger partial charge in [0.25, 0.3) is 0 Å². The van der Waals surface area contributed by atoms with Gasteiger partial charge in [-0.25, -0.2) is 0 Å². The molecule has 0 aromatic rings. The Kier molecular flexibility index (Phi) is 2.32. The Morgan fingerprint density at radius 3 is 2.70 bits per heavy atom. The highest BCUT2D eigenvalue weighted by Crippen LogP contribution is 2.43. The van der Waals surface area contributed by atoms with E-state index < -0.39 is 0 Å². The molecule has 10 heavy (non-hydrogen) atoms. The Labute approximate surface area is 62.7 Å². The largest absolute Gasteiger partial charge is 0.385 e. The van der Waals surface area contributed by atoms with Gasteiger partial charge < -0.3 is 10.5 Å². The van der Waals surface area contributed by atoms with Gasteiger partial charge in [-0.05, 0) is 25.2 Å². The lowest BCUT2D eigenvalue weighted by Crippen LogP contribution is -2.24. The quantitative estimate of drug-likeness (QED) is 0.599. The van der Waals surface area contributed by atoms with Gasteiger partial charge in [-0.2, -0.15) is 0 Å². The van der Waals surface area contributed by atoms with Gasteiger partial charge in [-0.1, -0.05) is 6.92 Å². The van der Waals surface area contributed by atoms with Crippen molar-refractivity contribution in [1.82, 2.24) is 0 Å². The van der Waals surface area contributed by atoms with E-state index in [0.717, 1.165) is 25.4 Å². The van der Waals surface area contributed by atoms with Crippen molar-refractivity contribution in [3.63, 3.8) is 0 Å². The van der Waals surface area contributed by atoms with Crippen molar-refractivity contribution in [1.29, 1.82) is 0 Å². The van der Waals surface area contributed by atoms with E-state index in [-0.39, 0.29) is 5.54 Å². The number of methoxy groups -OCH3 is 1. The van der Waals surface area contributed by atoms with E-state index in [4.69, 9.17) is 10.5 Å². The van der Waals surface area contributed by atoms with Gasteiger partial charge in [-0.15, -0.1) is 0 Å². The standard InChI is InChI=1S/C8H17NO/c1-7-6-8(7,9)4-3-5-10-2/h7H,3-6,9H2,1-2H3. The second-order valence-corrected chi connectivity index (χ2v) is 3.43. The third kappa shape index (κ3) is 1.70. The summed E-state index contributed by atoms with van der Waals surface area (Å²) in [4.78, 5) is 0. The summed E-state index contributed by atoms with van der Waals surface area (Å²) in [7, 11) is 1.74. The first-order chi connectivity index (χ1) is 4.69. The minimum Gasteiger partial charge on any atom is -0.385 e. The summed E-state index contributed by atoms with van der Waals surface area (Å²) in [5, 5.41) is 0. The Balaban J connectivity index is 2.03. The summed E-state index contributed by atoms with van der Waals surface area (Å²) < 4.78 is 4.94. The Morgan fingerprint density at radius 2 is 2.30 bits per heavy atom. The van der Waals surface area contributed by atoms with Crippen LogP contribution in [0, 0.1) is 5.92 Å². The van der Waals surface area contributed by atoms with E-state index in [2.05, 4.69) is 6.92 Å². The zero-order valence-corrected chi connectivity index (χ0v) is 6.89. The highest BCUT2D eigenvalue weighted by Gasteiger charge is 2.46. The minimum absolute atomic E-state index is 0.179. The molecule has 2 heteroatoms. The van der Waals surface area contributed by atoms with Gasteiger partial charge in [0.05, 0.1) is 0 Å². The fourth-order valence-corrected chi connectivity index (χ4v) is 1.41. The molecule has 0 heterocycles. The Morgan fingerprint density at radius 1 is 1.70 bits per heavy atom. The number of hydrogen-bond donors (Lipinski definition) is 1. The van der Waals surface area contributed by atoms with Crippen LogP contribution in [0.1, 0.15) is 26.2 Å². The Bertz CT molecular complexity index is 116. The molecule has 1 fully saturated rings. The summed E-state index contributed by atoms with van der Waals surface area (Å²) in [5.74, 6) is 0.740. The summed E-state index contributed by atoms with van der Waals surface area (Å²) in [6.07, 6.45) is 3.44. The number of nitrogens with two attached hydrogens (primary N) is 1. The maximum atomic E-state index is 5.98. The first-order valence-electron chi connectivity index (χ1n) is 3.97. The van der Waals surface area contributed by atoms with Crippen molar-refractivity contribution in [3.05, 3.63) is 0 Å². The van der Waals surface area contributed by atoms with Gasteiger partial charge >= 0.3 is 0 Å². The van der Waals surface area contributed by atoms with Crippen molar-refractivity contribution in [3.8, 4) is 0 Å². The third-order valence-corrected chi connectivity index (χ3v) is 2.50. The molecule has 0 saturated heterocycles. The van der Waals surface area contributed by atoms with E-state index in [0.29, 0.717) is 0 Å². The maximum absolute atomic E-state index is 5.98. The summed E-state index contributed by atoms with van der Waals surface area (Å²) in [6, 6.07) is 0. The van der Waals surface area contributed by atoms with Crippen molar-refractivity contribution < 1.29 is 4.74 Å². The SMILES string of the molecule is COCCCC1(N)CC1C. The van der Waals surface area contributed by atoms with Crippen LogP contribution in [0.3, 0.4) is 0 Å². The normalized spacial score (nSPS) is 38.1. The molecule has 2 atom stereocenters. The molecule has 0 aromatic carbocycles. The molecule has 1 saturated carbocycles. The van der Waals surface area contributed by atoms with E-state index in [1.165, 1.54) is 6.42 Å². The molecule has 0 spiro atoms. The monoisotopic (exact) mass is 143 g/mol. The van der Waals surface area contributed by atoms with E-state index in [1.807, 2.05) is 0 Å². The van der Waals surface area contributed by atoms with Gasteiger partial charge in [0.1, 0.15) is 0 Å². The average Bonchev–Trinajstić information content (AvgIpc) is 2.42. The maximum Gasteiger partial charge on any atom is 0.0462 e. The van der Waals surface area contributed by atoms with Crippen molar-refractivity contribution >= 4 is 0 Å². The average molecular weight is 143 g/mol. The van der Waals surface area contributed by atoms with Crippen LogP contribution < -0.4 is 5.73 Å². The number of hydrogen-bond acceptors (Lipinski definition) is 2. The minimum atomic E-state index is 0.179. The van der Waals surface area contributed by atoms with Crippen LogP contribution in [0.15, 0.2) is 0 Å². The summed E-state index contributed by atoms with van der Waals surface area (Å²) in [5.41, 5.74) is 6.15. The number of rotatable bonds is 4. The molecule has 2 unspecified atom stereocenters. The molecule has 1 rings (SSSR count). The van der Waals surface area contributed by atoms with Crippen molar-refractivity contribution in [2.24, 2.45) is 11.7 Å². The highest BCUT2D eigenvalue weighted by molar-refractivity contribution is 5.04. The topological polar surface area (TPSA) is 35.2 Å². The zero-order chi connectivity index (χ0) is 7.61. The van der Waals surface area contributed by atoms with E-state index >= 15 is 0 Å². The summed E-state index contributed by atoms with van der Waals surface area (Å²) in [6.45, 7) is 3.07. The molecule has 2 nitrogen and oxygen atoms in total. The summed E-state index contributed by atoms with van der Waals surface area (Å²) >= 11 is 0. The zero-order valence-electron chi connectivity index (χ0n) is 6.89. The predicted octanol–water partition coefficient (Wildman–Crippen LogP) is 1.15. The molecular formula is C8H17NO. The third-order valence-electron chi connectivity index (χ3n) is 2.50. The van der Waals surface area contributed by atoms with Gasteiger partial charge in [-0.3, -0.25) is 0 Å². The molecule has 0 radical (unpaired) electrons. The fourth-order valence-electron chi connectivity index (χ4n) is 1.41. The lowest BCUT2D eigenvalue weighted by atomic mass is 10.1. The van der Waals surface area contributed by atoms with Crippen LogP contribution in [-0.2, 0) is 4.74 Å². The van der Waals surface area contributed by atoms with Crippen LogP contribution in [-0.4, -0.2) is 19.3 Å². The predicted molar refractivity (Wildman–Crippen MR) is 41.8 cm³/mol. The van der Waals surface area contributed by atoms with Gasteiger partial charge in [0, 0.05) is 19.3 Å². The fraction of sp³-hybridized carbons (Fsp3) is 1.00. The molecule has 0 bridgehead atoms.